The largest absolute Gasteiger partial charge is 0.360 e. The van der Waals surface area contributed by atoms with Gasteiger partial charge in [-0.05, 0) is 68.0 Å². The van der Waals surface area contributed by atoms with Gasteiger partial charge < -0.3 is 15.2 Å². The number of H-pyrrole nitrogens is 1. The lowest BCUT2D eigenvalue weighted by molar-refractivity contribution is 0.0692. The standard InChI is InChI=1S/C36H40N6O2/c1-24-9-15-28(16-10-24)42-33(22-32(40-42)36(2,3)4)39-35(44)38-27-13-11-25(12-14-27)21-26-17-19-41(20-18-26)34(43)30-23-37-31-8-6-5-7-29(30)31/h5-16,22-23,26,37H,17-21H2,1-4H3,(H2,38,39,44). The van der Waals surface area contributed by atoms with Gasteiger partial charge in [-0.1, -0.05) is 68.8 Å². The van der Waals surface area contributed by atoms with Gasteiger partial charge in [0, 0.05) is 47.4 Å². The van der Waals surface area contributed by atoms with Gasteiger partial charge in [-0.25, -0.2) is 9.48 Å². The van der Waals surface area contributed by atoms with Crippen LogP contribution in [0.2, 0.25) is 0 Å². The summed E-state index contributed by atoms with van der Waals surface area (Å²) in [5, 5.41) is 11.7. The molecule has 1 saturated heterocycles. The number of hydrogen-bond acceptors (Lipinski definition) is 3. The molecule has 0 radical (unpaired) electrons. The molecule has 0 aliphatic carbocycles. The van der Waals surface area contributed by atoms with Gasteiger partial charge in [0.2, 0.25) is 0 Å². The van der Waals surface area contributed by atoms with Crippen molar-refractivity contribution < 1.29 is 9.59 Å². The van der Waals surface area contributed by atoms with E-state index in [9.17, 15) is 9.59 Å². The van der Waals surface area contributed by atoms with E-state index in [2.05, 4.69) is 48.5 Å². The lowest BCUT2D eigenvalue weighted by Gasteiger charge is -2.32. The average molecular weight is 589 g/mol. The molecule has 0 bridgehead atoms. The Bertz CT molecular complexity index is 1770. The summed E-state index contributed by atoms with van der Waals surface area (Å²) in [6, 6.07) is 25.7. The summed E-state index contributed by atoms with van der Waals surface area (Å²) in [6.07, 6.45) is 4.73. The monoisotopic (exact) mass is 588 g/mol. The number of hydrogen-bond donors (Lipinski definition) is 3. The molecule has 1 aliphatic rings. The molecule has 0 atom stereocenters. The van der Waals surface area contributed by atoms with Crippen LogP contribution in [0, 0.1) is 12.8 Å². The fraction of sp³-hybridized carbons (Fsp3) is 0.306. The van der Waals surface area contributed by atoms with E-state index in [0.717, 1.165) is 71.5 Å². The van der Waals surface area contributed by atoms with Crippen molar-refractivity contribution in [1.29, 1.82) is 0 Å². The third-order valence-electron chi connectivity index (χ3n) is 8.46. The molecule has 6 rings (SSSR count). The Morgan fingerprint density at radius 2 is 1.64 bits per heavy atom. The highest BCUT2D eigenvalue weighted by molar-refractivity contribution is 6.06. The van der Waals surface area contributed by atoms with Crippen molar-refractivity contribution >= 4 is 34.3 Å². The van der Waals surface area contributed by atoms with Crippen LogP contribution < -0.4 is 10.6 Å². The lowest BCUT2D eigenvalue weighted by Crippen LogP contribution is -2.38. The molecule has 0 spiro atoms. The number of carbonyl (C=O) groups excluding carboxylic acids is 2. The fourth-order valence-corrected chi connectivity index (χ4v) is 5.81. The molecule has 8 nitrogen and oxygen atoms in total. The Balaban J connectivity index is 1.04. The average Bonchev–Trinajstić information content (AvgIpc) is 3.64. The van der Waals surface area contributed by atoms with Crippen molar-refractivity contribution in [3.8, 4) is 5.69 Å². The summed E-state index contributed by atoms with van der Waals surface area (Å²) in [5.74, 6) is 1.23. The van der Waals surface area contributed by atoms with Crippen LogP contribution in [0.1, 0.15) is 60.8 Å². The first kappa shape index (κ1) is 29.2. The van der Waals surface area contributed by atoms with Crippen LogP contribution in [0.25, 0.3) is 16.6 Å². The minimum Gasteiger partial charge on any atom is -0.360 e. The third kappa shape index (κ3) is 6.39. The van der Waals surface area contributed by atoms with Gasteiger partial charge in [0.05, 0.1) is 16.9 Å². The van der Waals surface area contributed by atoms with E-state index in [-0.39, 0.29) is 17.4 Å². The van der Waals surface area contributed by atoms with Crippen LogP contribution in [0.3, 0.4) is 0 Å². The van der Waals surface area contributed by atoms with Crippen LogP contribution in [0.5, 0.6) is 0 Å². The van der Waals surface area contributed by atoms with Gasteiger partial charge in [0.1, 0.15) is 5.82 Å². The molecule has 0 saturated carbocycles. The summed E-state index contributed by atoms with van der Waals surface area (Å²) >= 11 is 0. The topological polar surface area (TPSA) is 95.1 Å². The van der Waals surface area contributed by atoms with E-state index >= 15 is 0 Å². The van der Waals surface area contributed by atoms with Gasteiger partial charge in [-0.3, -0.25) is 10.1 Å². The van der Waals surface area contributed by atoms with Crippen LogP contribution in [0.4, 0.5) is 16.3 Å². The summed E-state index contributed by atoms with van der Waals surface area (Å²) in [6.45, 7) is 9.89. The van der Waals surface area contributed by atoms with Gasteiger partial charge in [-0.15, -0.1) is 0 Å². The quantitative estimate of drug-likeness (QED) is 0.190. The maximum Gasteiger partial charge on any atom is 0.324 e. The number of urea groups is 1. The Morgan fingerprint density at radius 1 is 0.932 bits per heavy atom. The van der Waals surface area contributed by atoms with Crippen molar-refractivity contribution in [2.75, 3.05) is 23.7 Å². The first-order valence-corrected chi connectivity index (χ1v) is 15.3. The number of fused-ring (bicyclic) bond motifs is 1. The molecule has 3 N–H and O–H groups in total. The number of anilines is 2. The number of benzene rings is 3. The number of para-hydroxylation sites is 1. The van der Waals surface area contributed by atoms with E-state index < -0.39 is 0 Å². The normalized spacial score (nSPS) is 14.1. The molecular formula is C36H40N6O2. The summed E-state index contributed by atoms with van der Waals surface area (Å²) in [5.41, 5.74) is 6.47. The Hall–Kier alpha value is -4.85. The highest BCUT2D eigenvalue weighted by Gasteiger charge is 2.26. The minimum absolute atomic E-state index is 0.103. The van der Waals surface area contributed by atoms with E-state index in [1.54, 1.807) is 4.68 Å². The molecule has 2 aromatic heterocycles. The van der Waals surface area contributed by atoms with E-state index in [1.165, 1.54) is 5.56 Å². The first-order chi connectivity index (χ1) is 21.1. The van der Waals surface area contributed by atoms with E-state index in [0.29, 0.717) is 11.7 Å². The number of aryl methyl sites for hydroxylation is 1. The number of carbonyl (C=O) groups is 2. The smallest absolute Gasteiger partial charge is 0.324 e. The zero-order valence-corrected chi connectivity index (χ0v) is 25.9. The molecule has 3 aromatic carbocycles. The first-order valence-electron chi connectivity index (χ1n) is 15.3. The molecule has 1 fully saturated rings. The summed E-state index contributed by atoms with van der Waals surface area (Å²) in [4.78, 5) is 31.4. The second kappa shape index (κ2) is 12.0. The van der Waals surface area contributed by atoms with E-state index in [1.807, 2.05) is 84.8 Å². The van der Waals surface area contributed by atoms with Crippen molar-refractivity contribution in [2.24, 2.45) is 5.92 Å². The maximum atomic E-state index is 13.2. The second-order valence-electron chi connectivity index (χ2n) is 12.9. The number of rotatable bonds is 6. The zero-order chi connectivity index (χ0) is 30.8. The molecule has 0 unspecified atom stereocenters. The van der Waals surface area contributed by atoms with Gasteiger partial charge in [0.25, 0.3) is 5.91 Å². The minimum atomic E-state index is -0.321. The molecule has 1 aliphatic heterocycles. The molecule has 3 heterocycles. The third-order valence-corrected chi connectivity index (χ3v) is 8.46. The van der Waals surface area contributed by atoms with Crippen LogP contribution in [-0.4, -0.2) is 44.7 Å². The van der Waals surface area contributed by atoms with Crippen molar-refractivity contribution in [1.82, 2.24) is 19.7 Å². The highest BCUT2D eigenvalue weighted by Crippen LogP contribution is 2.28. The molecule has 226 valence electrons. The van der Waals surface area contributed by atoms with Gasteiger partial charge in [0.15, 0.2) is 0 Å². The van der Waals surface area contributed by atoms with Crippen LogP contribution in [0.15, 0.2) is 85.1 Å². The number of nitrogens with zero attached hydrogens (tertiary/aromatic N) is 3. The SMILES string of the molecule is Cc1ccc(-n2nc(C(C)(C)C)cc2NC(=O)Nc2ccc(CC3CCN(C(=O)c4c[nH]c5ccccc45)CC3)cc2)cc1. The predicted octanol–water partition coefficient (Wildman–Crippen LogP) is 7.70. The number of likely N-dealkylation sites (tertiary alicyclic amines) is 1. The Kier molecular flexibility index (Phi) is 7.99. The summed E-state index contributed by atoms with van der Waals surface area (Å²) in [7, 11) is 0. The van der Waals surface area contributed by atoms with Crippen molar-refractivity contribution in [3.63, 3.8) is 0 Å². The molecule has 3 amide bonds. The van der Waals surface area contributed by atoms with Crippen molar-refractivity contribution in [2.45, 2.75) is 52.4 Å². The highest BCUT2D eigenvalue weighted by atomic mass is 16.2. The molecule has 8 heteroatoms. The number of piperidine rings is 1. The molecule has 44 heavy (non-hydrogen) atoms. The Morgan fingerprint density at radius 3 is 2.34 bits per heavy atom. The van der Waals surface area contributed by atoms with Crippen LogP contribution in [-0.2, 0) is 11.8 Å². The lowest BCUT2D eigenvalue weighted by atomic mass is 9.90. The maximum absolute atomic E-state index is 13.2. The van der Waals surface area contributed by atoms with Crippen molar-refractivity contribution in [3.05, 3.63) is 107 Å². The fourth-order valence-electron chi connectivity index (χ4n) is 5.81. The number of aromatic nitrogens is 3. The Labute approximate surface area is 258 Å². The number of nitrogens with one attached hydrogen (secondary N) is 3. The molecule has 5 aromatic rings. The summed E-state index contributed by atoms with van der Waals surface area (Å²) < 4.78 is 1.78. The van der Waals surface area contributed by atoms with Crippen LogP contribution >= 0.6 is 0 Å². The zero-order valence-electron chi connectivity index (χ0n) is 25.9. The molecular weight excluding hydrogens is 548 g/mol. The van der Waals surface area contributed by atoms with Gasteiger partial charge in [-0.2, -0.15) is 5.10 Å². The second-order valence-corrected chi connectivity index (χ2v) is 12.9. The predicted molar refractivity (Wildman–Crippen MR) is 177 cm³/mol. The van der Waals surface area contributed by atoms with Gasteiger partial charge >= 0.3 is 6.03 Å². The van der Waals surface area contributed by atoms with E-state index in [4.69, 9.17) is 5.10 Å². The number of amides is 3. The number of aromatic amines is 1.